The molecule has 2 nitrogen and oxygen atoms in total. The Morgan fingerprint density at radius 3 is 2.33 bits per heavy atom. The second-order valence-corrected chi connectivity index (χ2v) is 7.62. The average molecular weight is 252 g/mol. The molecule has 0 aromatic carbocycles. The summed E-state index contributed by atoms with van der Waals surface area (Å²) in [7, 11) is 2.32. The van der Waals surface area contributed by atoms with Crippen molar-refractivity contribution in [1.82, 2.24) is 4.90 Å². The van der Waals surface area contributed by atoms with E-state index in [1.165, 1.54) is 57.9 Å². The summed E-state index contributed by atoms with van der Waals surface area (Å²) in [6.07, 6.45) is 11.0. The lowest BCUT2D eigenvalue weighted by Crippen LogP contribution is -2.53. The molecule has 2 heteroatoms. The van der Waals surface area contributed by atoms with Gasteiger partial charge in [0.05, 0.1) is 0 Å². The molecule has 0 spiro atoms. The molecule has 1 atom stereocenters. The molecule has 0 aliphatic heterocycles. The highest BCUT2D eigenvalue weighted by Gasteiger charge is 2.38. The van der Waals surface area contributed by atoms with Crippen molar-refractivity contribution >= 4 is 0 Å². The standard InChI is InChI=1S/C16H32N2/c1-15(2)8-5-9-16(13-17,11-10-15)18(3)12-14-6-4-7-14/h14H,4-13,17H2,1-3H3. The molecule has 2 N–H and O–H groups in total. The van der Waals surface area contributed by atoms with Crippen LogP contribution in [0.15, 0.2) is 0 Å². The van der Waals surface area contributed by atoms with Crippen LogP contribution in [-0.4, -0.2) is 30.6 Å². The van der Waals surface area contributed by atoms with Crippen molar-refractivity contribution in [3.8, 4) is 0 Å². The van der Waals surface area contributed by atoms with Crippen molar-refractivity contribution in [3.63, 3.8) is 0 Å². The first-order valence-electron chi connectivity index (χ1n) is 7.89. The van der Waals surface area contributed by atoms with Gasteiger partial charge in [0.2, 0.25) is 0 Å². The van der Waals surface area contributed by atoms with Gasteiger partial charge in [-0.15, -0.1) is 0 Å². The Labute approximate surface area is 113 Å². The van der Waals surface area contributed by atoms with E-state index in [1.807, 2.05) is 0 Å². The normalized spacial score (nSPS) is 33.2. The van der Waals surface area contributed by atoms with Gasteiger partial charge in [0.25, 0.3) is 0 Å². The smallest absolute Gasteiger partial charge is 0.0329 e. The van der Waals surface area contributed by atoms with Crippen LogP contribution in [0, 0.1) is 11.3 Å². The highest BCUT2D eigenvalue weighted by atomic mass is 15.2. The Morgan fingerprint density at radius 2 is 1.78 bits per heavy atom. The maximum absolute atomic E-state index is 6.19. The van der Waals surface area contributed by atoms with E-state index in [0.717, 1.165) is 12.5 Å². The van der Waals surface area contributed by atoms with Crippen LogP contribution in [0.3, 0.4) is 0 Å². The summed E-state index contributed by atoms with van der Waals surface area (Å²) in [6, 6.07) is 0. The van der Waals surface area contributed by atoms with Crippen molar-refractivity contribution in [2.24, 2.45) is 17.1 Å². The van der Waals surface area contributed by atoms with Gasteiger partial charge < -0.3 is 5.73 Å². The largest absolute Gasteiger partial charge is 0.329 e. The van der Waals surface area contributed by atoms with Gasteiger partial charge in [0, 0.05) is 18.6 Å². The minimum Gasteiger partial charge on any atom is -0.329 e. The molecule has 2 rings (SSSR count). The molecule has 2 fully saturated rings. The summed E-state index contributed by atoms with van der Waals surface area (Å²) in [5.41, 5.74) is 7.01. The third kappa shape index (κ3) is 3.08. The monoisotopic (exact) mass is 252 g/mol. The lowest BCUT2D eigenvalue weighted by atomic mass is 9.81. The third-order valence-electron chi connectivity index (χ3n) is 5.71. The van der Waals surface area contributed by atoms with E-state index in [4.69, 9.17) is 5.73 Å². The molecule has 106 valence electrons. The van der Waals surface area contributed by atoms with Crippen LogP contribution in [-0.2, 0) is 0 Å². The predicted octanol–water partition coefficient (Wildman–Crippen LogP) is 3.41. The van der Waals surface area contributed by atoms with Gasteiger partial charge >= 0.3 is 0 Å². The lowest BCUT2D eigenvalue weighted by molar-refractivity contribution is 0.0692. The Balaban J connectivity index is 1.99. The molecule has 18 heavy (non-hydrogen) atoms. The van der Waals surface area contributed by atoms with Crippen LogP contribution in [0.5, 0.6) is 0 Å². The highest BCUT2D eigenvalue weighted by molar-refractivity contribution is 4.95. The van der Waals surface area contributed by atoms with Gasteiger partial charge in [-0.2, -0.15) is 0 Å². The molecule has 0 amide bonds. The van der Waals surface area contributed by atoms with Gasteiger partial charge in [0.15, 0.2) is 0 Å². The van der Waals surface area contributed by atoms with Crippen molar-refractivity contribution in [2.75, 3.05) is 20.1 Å². The Morgan fingerprint density at radius 1 is 1.06 bits per heavy atom. The second-order valence-electron chi connectivity index (χ2n) is 7.62. The fraction of sp³-hybridized carbons (Fsp3) is 1.00. The minimum atomic E-state index is 0.295. The summed E-state index contributed by atoms with van der Waals surface area (Å²) in [5.74, 6) is 0.953. The number of rotatable bonds is 4. The summed E-state index contributed by atoms with van der Waals surface area (Å²) < 4.78 is 0. The van der Waals surface area contributed by atoms with Crippen LogP contribution < -0.4 is 5.73 Å². The Kier molecular flexibility index (Phi) is 4.38. The van der Waals surface area contributed by atoms with Gasteiger partial charge in [-0.1, -0.05) is 26.7 Å². The zero-order valence-corrected chi connectivity index (χ0v) is 12.7. The third-order valence-corrected chi connectivity index (χ3v) is 5.71. The van der Waals surface area contributed by atoms with Gasteiger partial charge in [-0.05, 0) is 56.9 Å². The van der Waals surface area contributed by atoms with E-state index in [0.29, 0.717) is 11.0 Å². The highest BCUT2D eigenvalue weighted by Crippen LogP contribution is 2.41. The second kappa shape index (κ2) is 5.50. The molecule has 0 heterocycles. The number of likely N-dealkylation sites (N-methyl/N-ethyl adjacent to an activating group) is 1. The van der Waals surface area contributed by atoms with Crippen LogP contribution in [0.4, 0.5) is 0 Å². The molecule has 0 saturated heterocycles. The van der Waals surface area contributed by atoms with Gasteiger partial charge in [0.1, 0.15) is 0 Å². The number of hydrogen-bond acceptors (Lipinski definition) is 2. The molecule has 0 radical (unpaired) electrons. The van der Waals surface area contributed by atoms with E-state index in [9.17, 15) is 0 Å². The average Bonchev–Trinajstić information content (AvgIpc) is 2.43. The Hall–Kier alpha value is -0.0800. The summed E-state index contributed by atoms with van der Waals surface area (Å²) in [6.45, 7) is 6.96. The maximum atomic E-state index is 6.19. The van der Waals surface area contributed by atoms with Crippen molar-refractivity contribution in [1.29, 1.82) is 0 Å². The molecule has 0 aromatic heterocycles. The summed E-state index contributed by atoms with van der Waals surface area (Å²) in [4.78, 5) is 2.62. The van der Waals surface area contributed by atoms with E-state index < -0.39 is 0 Å². The fourth-order valence-corrected chi connectivity index (χ4v) is 3.72. The molecule has 2 aliphatic carbocycles. The molecule has 2 aliphatic rings. The first kappa shape index (κ1) is 14.3. The van der Waals surface area contributed by atoms with Crippen molar-refractivity contribution in [3.05, 3.63) is 0 Å². The van der Waals surface area contributed by atoms with E-state index in [-0.39, 0.29) is 0 Å². The van der Waals surface area contributed by atoms with Crippen LogP contribution >= 0.6 is 0 Å². The maximum Gasteiger partial charge on any atom is 0.0329 e. The number of hydrogen-bond donors (Lipinski definition) is 1. The summed E-state index contributed by atoms with van der Waals surface area (Å²) in [5, 5.41) is 0. The van der Waals surface area contributed by atoms with Crippen molar-refractivity contribution in [2.45, 2.75) is 70.8 Å². The topological polar surface area (TPSA) is 29.3 Å². The lowest BCUT2D eigenvalue weighted by Gasteiger charge is -2.44. The predicted molar refractivity (Wildman–Crippen MR) is 78.6 cm³/mol. The van der Waals surface area contributed by atoms with Crippen LogP contribution in [0.2, 0.25) is 0 Å². The molecule has 1 unspecified atom stereocenters. The van der Waals surface area contributed by atoms with Crippen LogP contribution in [0.25, 0.3) is 0 Å². The molecule has 0 bridgehead atoms. The van der Waals surface area contributed by atoms with E-state index >= 15 is 0 Å². The molecular formula is C16H32N2. The minimum absolute atomic E-state index is 0.295. The Bertz CT molecular complexity index is 270. The quantitative estimate of drug-likeness (QED) is 0.777. The molecule has 2 saturated carbocycles. The zero-order chi connectivity index (χ0) is 13.2. The molecular weight excluding hydrogens is 220 g/mol. The first-order valence-corrected chi connectivity index (χ1v) is 7.89. The van der Waals surface area contributed by atoms with E-state index in [1.54, 1.807) is 0 Å². The first-order chi connectivity index (χ1) is 8.47. The zero-order valence-electron chi connectivity index (χ0n) is 12.7. The van der Waals surface area contributed by atoms with Crippen LogP contribution in [0.1, 0.15) is 65.2 Å². The number of nitrogens with zero attached hydrogens (tertiary/aromatic N) is 1. The van der Waals surface area contributed by atoms with E-state index in [2.05, 4.69) is 25.8 Å². The van der Waals surface area contributed by atoms with Gasteiger partial charge in [-0.3, -0.25) is 4.90 Å². The van der Waals surface area contributed by atoms with Crippen molar-refractivity contribution < 1.29 is 0 Å². The van der Waals surface area contributed by atoms with Gasteiger partial charge in [-0.25, -0.2) is 0 Å². The fourth-order valence-electron chi connectivity index (χ4n) is 3.72. The summed E-state index contributed by atoms with van der Waals surface area (Å²) >= 11 is 0. The SMILES string of the molecule is CN(CC1CCC1)C1(CN)CCCC(C)(C)CC1. The molecule has 0 aromatic rings. The number of nitrogens with two attached hydrogens (primary N) is 1.